The highest BCUT2D eigenvalue weighted by Gasteiger charge is 2.38. The molecule has 0 saturated heterocycles. The van der Waals surface area contributed by atoms with Crippen LogP contribution in [0.25, 0.3) is 0 Å². The Morgan fingerprint density at radius 2 is 2.11 bits per heavy atom. The summed E-state index contributed by atoms with van der Waals surface area (Å²) in [5.41, 5.74) is 0.608. The maximum absolute atomic E-state index is 10.8. The van der Waals surface area contributed by atoms with E-state index in [1.54, 1.807) is 25.0 Å². The molecule has 0 N–H and O–H groups in total. The summed E-state index contributed by atoms with van der Waals surface area (Å²) < 4.78 is 5.54. The van der Waals surface area contributed by atoms with Crippen LogP contribution in [-0.2, 0) is 10.3 Å². The van der Waals surface area contributed by atoms with Crippen molar-refractivity contribution >= 4 is 17.8 Å². The van der Waals surface area contributed by atoms with Gasteiger partial charge in [-0.15, -0.1) is 11.8 Å². The second-order valence-electron chi connectivity index (χ2n) is 4.48. The number of rotatable bonds is 4. The third-order valence-corrected chi connectivity index (χ3v) is 4.36. The molecule has 0 bridgehead atoms. The van der Waals surface area contributed by atoms with Gasteiger partial charge in [-0.2, -0.15) is 4.99 Å². The Morgan fingerprint density at radius 3 is 2.67 bits per heavy atom. The highest BCUT2D eigenvalue weighted by Crippen LogP contribution is 2.47. The number of aliphatic imine (C=N–C) groups is 1. The summed E-state index contributed by atoms with van der Waals surface area (Å²) in [4.78, 5) is 16.0. The highest BCUT2D eigenvalue weighted by molar-refractivity contribution is 7.98. The van der Waals surface area contributed by atoms with E-state index >= 15 is 0 Å². The van der Waals surface area contributed by atoms with Gasteiger partial charge in [0.1, 0.15) is 11.3 Å². The number of hydrogen-bond donors (Lipinski definition) is 0. The van der Waals surface area contributed by atoms with Gasteiger partial charge in [-0.1, -0.05) is 25.0 Å². The van der Waals surface area contributed by atoms with Crippen molar-refractivity contribution in [3.05, 3.63) is 23.8 Å². The van der Waals surface area contributed by atoms with Crippen LogP contribution in [0.1, 0.15) is 31.2 Å². The van der Waals surface area contributed by atoms with Crippen molar-refractivity contribution in [3.63, 3.8) is 0 Å². The minimum absolute atomic E-state index is 0.418. The molecule has 0 radical (unpaired) electrons. The van der Waals surface area contributed by atoms with E-state index in [0.717, 1.165) is 41.9 Å². The molecule has 0 heterocycles. The summed E-state index contributed by atoms with van der Waals surface area (Å²) in [6.07, 6.45) is 7.76. The van der Waals surface area contributed by atoms with Crippen LogP contribution in [-0.4, -0.2) is 19.4 Å². The first-order valence-corrected chi connectivity index (χ1v) is 7.30. The number of carbonyl (C=O) groups excluding carboxylic acids is 1. The maximum atomic E-state index is 10.8. The van der Waals surface area contributed by atoms with Gasteiger partial charge in [-0.05, 0) is 25.2 Å². The van der Waals surface area contributed by atoms with Crippen molar-refractivity contribution < 1.29 is 9.53 Å². The van der Waals surface area contributed by atoms with E-state index < -0.39 is 5.54 Å². The minimum Gasteiger partial charge on any atom is -0.495 e. The zero-order chi connectivity index (χ0) is 13.0. The molecule has 2 rings (SSSR count). The van der Waals surface area contributed by atoms with Gasteiger partial charge in [-0.3, -0.25) is 0 Å². The molecule has 1 aromatic rings. The van der Waals surface area contributed by atoms with Crippen LogP contribution in [0.3, 0.4) is 0 Å². The van der Waals surface area contributed by atoms with E-state index in [1.807, 2.05) is 24.5 Å². The first kappa shape index (κ1) is 13.2. The van der Waals surface area contributed by atoms with Gasteiger partial charge < -0.3 is 4.74 Å². The zero-order valence-electron chi connectivity index (χ0n) is 10.7. The summed E-state index contributed by atoms with van der Waals surface area (Å²) in [6.45, 7) is 0. The molecule has 1 aliphatic carbocycles. The van der Waals surface area contributed by atoms with Crippen LogP contribution in [0, 0.1) is 0 Å². The molecule has 0 atom stereocenters. The van der Waals surface area contributed by atoms with Gasteiger partial charge in [-0.25, -0.2) is 4.79 Å². The third kappa shape index (κ3) is 2.18. The summed E-state index contributed by atoms with van der Waals surface area (Å²) >= 11 is 1.64. The molecule has 3 nitrogen and oxygen atoms in total. The minimum atomic E-state index is -0.418. The van der Waals surface area contributed by atoms with Crippen molar-refractivity contribution in [2.45, 2.75) is 36.1 Å². The summed E-state index contributed by atoms with van der Waals surface area (Å²) in [7, 11) is 1.67. The predicted molar refractivity (Wildman–Crippen MR) is 73.0 cm³/mol. The lowest BCUT2D eigenvalue weighted by Gasteiger charge is -2.26. The van der Waals surface area contributed by atoms with E-state index in [-0.39, 0.29) is 0 Å². The number of para-hydroxylation sites is 1. The van der Waals surface area contributed by atoms with Gasteiger partial charge in [0.2, 0.25) is 6.08 Å². The lowest BCUT2D eigenvalue weighted by atomic mass is 9.88. The van der Waals surface area contributed by atoms with Gasteiger partial charge in [0.15, 0.2) is 0 Å². The quantitative estimate of drug-likeness (QED) is 0.474. The molecule has 0 aliphatic heterocycles. The van der Waals surface area contributed by atoms with Crippen molar-refractivity contribution in [2.75, 3.05) is 13.4 Å². The second kappa shape index (κ2) is 5.59. The first-order valence-electron chi connectivity index (χ1n) is 6.08. The standard InChI is InChI=1S/C14H17NO2S/c1-17-13-11(6-5-7-12(13)18-2)14(15-10-16)8-3-4-9-14/h5-7H,3-4,8-9H2,1-2H3. The lowest BCUT2D eigenvalue weighted by Crippen LogP contribution is -2.20. The van der Waals surface area contributed by atoms with Crippen LogP contribution in [0.5, 0.6) is 5.75 Å². The Labute approximate surface area is 112 Å². The first-order chi connectivity index (χ1) is 8.77. The van der Waals surface area contributed by atoms with Crippen molar-refractivity contribution in [1.82, 2.24) is 0 Å². The van der Waals surface area contributed by atoms with Gasteiger partial charge in [0.05, 0.1) is 7.11 Å². The van der Waals surface area contributed by atoms with Crippen molar-refractivity contribution in [2.24, 2.45) is 4.99 Å². The molecular formula is C14H17NO2S. The molecule has 1 aromatic carbocycles. The van der Waals surface area contributed by atoms with Crippen molar-refractivity contribution in [3.8, 4) is 5.75 Å². The largest absolute Gasteiger partial charge is 0.495 e. The number of isocyanates is 1. The van der Waals surface area contributed by atoms with Gasteiger partial charge in [0, 0.05) is 10.5 Å². The normalized spacial score (nSPS) is 17.2. The fourth-order valence-electron chi connectivity index (χ4n) is 2.74. The number of methoxy groups -OCH3 is 1. The maximum Gasteiger partial charge on any atom is 0.235 e. The highest BCUT2D eigenvalue weighted by atomic mass is 32.2. The lowest BCUT2D eigenvalue weighted by molar-refractivity contribution is 0.371. The number of nitrogens with zero attached hydrogens (tertiary/aromatic N) is 1. The molecule has 0 unspecified atom stereocenters. The Kier molecular flexibility index (Phi) is 4.10. The van der Waals surface area contributed by atoms with Crippen LogP contribution in [0.2, 0.25) is 0 Å². The molecule has 18 heavy (non-hydrogen) atoms. The number of ether oxygens (including phenoxy) is 1. The van der Waals surface area contributed by atoms with Gasteiger partial charge >= 0.3 is 0 Å². The topological polar surface area (TPSA) is 38.7 Å². The molecule has 0 amide bonds. The van der Waals surface area contributed by atoms with Crippen molar-refractivity contribution in [1.29, 1.82) is 0 Å². The summed E-state index contributed by atoms with van der Waals surface area (Å²) in [5.74, 6) is 0.853. The molecule has 1 aliphatic rings. The third-order valence-electron chi connectivity index (χ3n) is 3.59. The van der Waals surface area contributed by atoms with E-state index in [9.17, 15) is 4.79 Å². The summed E-state index contributed by atoms with van der Waals surface area (Å²) in [5, 5.41) is 0. The van der Waals surface area contributed by atoms with E-state index in [2.05, 4.69) is 4.99 Å². The molecule has 4 heteroatoms. The Balaban J connectivity index is 2.57. The number of benzene rings is 1. The monoisotopic (exact) mass is 263 g/mol. The smallest absolute Gasteiger partial charge is 0.235 e. The Hall–Kier alpha value is -1.25. The van der Waals surface area contributed by atoms with Crippen LogP contribution >= 0.6 is 11.8 Å². The average molecular weight is 263 g/mol. The molecule has 96 valence electrons. The number of thioether (sulfide) groups is 1. The van der Waals surface area contributed by atoms with E-state index in [4.69, 9.17) is 4.74 Å². The van der Waals surface area contributed by atoms with E-state index in [0.29, 0.717) is 0 Å². The Morgan fingerprint density at radius 1 is 1.39 bits per heavy atom. The molecule has 1 fully saturated rings. The molecular weight excluding hydrogens is 246 g/mol. The Bertz CT molecular complexity index is 475. The molecule has 0 aromatic heterocycles. The van der Waals surface area contributed by atoms with Gasteiger partial charge in [0.25, 0.3) is 0 Å². The number of hydrogen-bond acceptors (Lipinski definition) is 4. The average Bonchev–Trinajstić information content (AvgIpc) is 2.87. The summed E-state index contributed by atoms with van der Waals surface area (Å²) in [6, 6.07) is 6.05. The zero-order valence-corrected chi connectivity index (χ0v) is 11.5. The predicted octanol–water partition coefficient (Wildman–Crippen LogP) is 3.52. The van der Waals surface area contributed by atoms with Crippen LogP contribution in [0.4, 0.5) is 0 Å². The van der Waals surface area contributed by atoms with Crippen LogP contribution < -0.4 is 4.74 Å². The SMILES string of the molecule is COc1c(SC)cccc1C1(N=C=O)CCCC1. The molecule has 1 saturated carbocycles. The van der Waals surface area contributed by atoms with Crippen LogP contribution in [0.15, 0.2) is 28.1 Å². The second-order valence-corrected chi connectivity index (χ2v) is 5.33. The molecule has 0 spiro atoms. The van der Waals surface area contributed by atoms with E-state index in [1.165, 1.54) is 0 Å². The fraction of sp³-hybridized carbons (Fsp3) is 0.500. The fourth-order valence-corrected chi connectivity index (χ4v) is 3.34.